The molecule has 0 amide bonds. The molecule has 2 aromatic carbocycles. The van der Waals surface area contributed by atoms with Gasteiger partial charge in [0.05, 0.1) is 15.7 Å². The number of aromatic nitrogens is 4. The zero-order valence-electron chi connectivity index (χ0n) is 9.82. The lowest BCUT2D eigenvalue weighted by Gasteiger charge is -1.94. The lowest BCUT2D eigenvalue weighted by atomic mass is 10.3. The summed E-state index contributed by atoms with van der Waals surface area (Å²) in [5.74, 6) is 0. The van der Waals surface area contributed by atoms with E-state index in [-0.39, 0.29) is 0 Å². The molecule has 0 radical (unpaired) electrons. The topological polar surface area (TPSA) is 69.6 Å². The predicted molar refractivity (Wildman–Crippen MR) is 76.5 cm³/mol. The van der Waals surface area contributed by atoms with E-state index in [1.807, 2.05) is 42.5 Å². The van der Waals surface area contributed by atoms with Crippen molar-refractivity contribution in [3.05, 3.63) is 42.5 Å². The highest BCUT2D eigenvalue weighted by atomic mass is 32.1. The van der Waals surface area contributed by atoms with Gasteiger partial charge in [-0.25, -0.2) is 4.98 Å². The van der Waals surface area contributed by atoms with Crippen molar-refractivity contribution in [2.45, 2.75) is 0 Å². The van der Waals surface area contributed by atoms with E-state index in [9.17, 15) is 0 Å². The van der Waals surface area contributed by atoms with E-state index in [0.717, 1.165) is 32.1 Å². The number of rotatable bonds is 1. The molecule has 19 heavy (non-hydrogen) atoms. The van der Waals surface area contributed by atoms with Crippen LogP contribution in [0.3, 0.4) is 0 Å². The Bertz CT molecular complexity index is 892. The second kappa shape index (κ2) is 3.76. The quantitative estimate of drug-likeness (QED) is 0.538. The van der Waals surface area contributed by atoms with Crippen LogP contribution in [-0.4, -0.2) is 20.0 Å². The van der Waals surface area contributed by atoms with Crippen molar-refractivity contribution in [2.75, 3.05) is 5.73 Å². The van der Waals surface area contributed by atoms with Crippen LogP contribution in [0, 0.1) is 0 Å². The highest BCUT2D eigenvalue weighted by Crippen LogP contribution is 2.27. The first-order valence-electron chi connectivity index (χ1n) is 5.78. The molecule has 0 aliphatic carbocycles. The fourth-order valence-electron chi connectivity index (χ4n) is 2.03. The molecule has 2 N–H and O–H groups in total. The van der Waals surface area contributed by atoms with Crippen LogP contribution in [0.5, 0.6) is 0 Å². The third kappa shape index (κ3) is 1.57. The van der Waals surface area contributed by atoms with Gasteiger partial charge in [-0.1, -0.05) is 28.7 Å². The van der Waals surface area contributed by atoms with E-state index in [1.165, 1.54) is 0 Å². The number of nitrogens with two attached hydrogens (primary N) is 1. The normalized spacial score (nSPS) is 11.4. The molecule has 2 heterocycles. The molecule has 4 aromatic rings. The number of benzene rings is 2. The van der Waals surface area contributed by atoms with Crippen LogP contribution in [0.2, 0.25) is 0 Å². The molecule has 0 atom stereocenters. The third-order valence-electron chi connectivity index (χ3n) is 2.93. The van der Waals surface area contributed by atoms with Crippen molar-refractivity contribution in [1.82, 2.24) is 20.0 Å². The van der Waals surface area contributed by atoms with Crippen molar-refractivity contribution in [2.24, 2.45) is 0 Å². The van der Waals surface area contributed by atoms with E-state index < -0.39 is 0 Å². The molecule has 0 aliphatic heterocycles. The number of hydrogen-bond acceptors (Lipinski definition) is 5. The molecular weight excluding hydrogens is 258 g/mol. The van der Waals surface area contributed by atoms with Gasteiger partial charge < -0.3 is 5.73 Å². The first-order valence-corrected chi connectivity index (χ1v) is 6.60. The van der Waals surface area contributed by atoms with Gasteiger partial charge in [0.1, 0.15) is 5.52 Å². The molecule has 4 rings (SSSR count). The van der Waals surface area contributed by atoms with Gasteiger partial charge in [-0.05, 0) is 30.3 Å². The molecule has 5 nitrogen and oxygen atoms in total. The molecule has 0 saturated carbocycles. The Kier molecular flexibility index (Phi) is 2.07. The van der Waals surface area contributed by atoms with E-state index in [4.69, 9.17) is 5.73 Å². The van der Waals surface area contributed by atoms with Crippen LogP contribution in [0.15, 0.2) is 42.5 Å². The van der Waals surface area contributed by atoms with Gasteiger partial charge in [-0.2, -0.15) is 4.68 Å². The van der Waals surface area contributed by atoms with Crippen LogP contribution < -0.4 is 5.73 Å². The van der Waals surface area contributed by atoms with Gasteiger partial charge in [0.25, 0.3) is 0 Å². The fourth-order valence-corrected chi connectivity index (χ4v) is 3.01. The number of para-hydroxylation sites is 1. The summed E-state index contributed by atoms with van der Waals surface area (Å²) >= 11 is 1.55. The minimum Gasteiger partial charge on any atom is -0.399 e. The lowest BCUT2D eigenvalue weighted by Crippen LogP contribution is -1.94. The van der Waals surface area contributed by atoms with Gasteiger partial charge in [0, 0.05) is 5.69 Å². The molecule has 0 saturated heterocycles. The molecule has 0 spiro atoms. The minimum absolute atomic E-state index is 0.742. The first-order chi connectivity index (χ1) is 9.31. The van der Waals surface area contributed by atoms with Crippen molar-refractivity contribution in [3.63, 3.8) is 0 Å². The maximum atomic E-state index is 5.79. The van der Waals surface area contributed by atoms with Gasteiger partial charge in [0.2, 0.25) is 5.13 Å². The summed E-state index contributed by atoms with van der Waals surface area (Å²) in [4.78, 5) is 4.57. The number of thiazole rings is 1. The standard InChI is InChI=1S/C13H9N5S/c14-8-5-6-10-12(7-8)19-13(15-10)18-11-4-2-1-3-9(11)16-17-18/h1-7H,14H2. The Morgan fingerprint density at radius 1 is 1.05 bits per heavy atom. The van der Waals surface area contributed by atoms with Crippen LogP contribution in [0.4, 0.5) is 5.69 Å². The Morgan fingerprint density at radius 2 is 1.95 bits per heavy atom. The van der Waals surface area contributed by atoms with Crippen LogP contribution in [-0.2, 0) is 0 Å². The zero-order chi connectivity index (χ0) is 12.8. The number of nitrogens with zero attached hydrogens (tertiary/aromatic N) is 4. The van der Waals surface area contributed by atoms with Crippen molar-refractivity contribution >= 4 is 38.3 Å². The number of hydrogen-bond donors (Lipinski definition) is 1. The maximum absolute atomic E-state index is 5.79. The Hall–Kier alpha value is -2.47. The van der Waals surface area contributed by atoms with Gasteiger partial charge in [-0.3, -0.25) is 0 Å². The van der Waals surface area contributed by atoms with E-state index in [2.05, 4.69) is 15.3 Å². The van der Waals surface area contributed by atoms with Crippen molar-refractivity contribution in [3.8, 4) is 5.13 Å². The Labute approximate surface area is 112 Å². The molecule has 0 unspecified atom stereocenters. The Morgan fingerprint density at radius 3 is 2.89 bits per heavy atom. The second-order valence-corrected chi connectivity index (χ2v) is 5.22. The van der Waals surface area contributed by atoms with E-state index >= 15 is 0 Å². The zero-order valence-corrected chi connectivity index (χ0v) is 10.6. The summed E-state index contributed by atoms with van der Waals surface area (Å²) in [5.41, 5.74) is 9.27. The summed E-state index contributed by atoms with van der Waals surface area (Å²) in [6.07, 6.45) is 0. The molecular formula is C13H9N5S. The highest BCUT2D eigenvalue weighted by Gasteiger charge is 2.10. The lowest BCUT2D eigenvalue weighted by molar-refractivity contribution is 0.819. The first kappa shape index (κ1) is 10.5. The molecule has 2 aromatic heterocycles. The summed E-state index contributed by atoms with van der Waals surface area (Å²) in [6.45, 7) is 0. The molecule has 0 bridgehead atoms. The van der Waals surface area contributed by atoms with Crippen molar-refractivity contribution < 1.29 is 0 Å². The summed E-state index contributed by atoms with van der Waals surface area (Å²) < 4.78 is 2.81. The largest absolute Gasteiger partial charge is 0.399 e. The third-order valence-corrected chi connectivity index (χ3v) is 3.93. The van der Waals surface area contributed by atoms with Gasteiger partial charge in [-0.15, -0.1) is 5.10 Å². The molecule has 0 aliphatic rings. The number of fused-ring (bicyclic) bond motifs is 2. The molecule has 6 heteroatoms. The average molecular weight is 267 g/mol. The van der Waals surface area contributed by atoms with Gasteiger partial charge >= 0.3 is 0 Å². The number of nitrogen functional groups attached to an aromatic ring is 1. The van der Waals surface area contributed by atoms with Crippen molar-refractivity contribution in [1.29, 1.82) is 0 Å². The Balaban J connectivity index is 1.99. The molecule has 0 fully saturated rings. The van der Waals surface area contributed by atoms with Gasteiger partial charge in [0.15, 0.2) is 0 Å². The van der Waals surface area contributed by atoms with Crippen LogP contribution in [0.25, 0.3) is 26.4 Å². The monoisotopic (exact) mass is 267 g/mol. The van der Waals surface area contributed by atoms with E-state index in [1.54, 1.807) is 16.0 Å². The second-order valence-electron chi connectivity index (χ2n) is 4.21. The number of anilines is 1. The maximum Gasteiger partial charge on any atom is 0.213 e. The summed E-state index contributed by atoms with van der Waals surface area (Å²) in [7, 11) is 0. The minimum atomic E-state index is 0.742. The fraction of sp³-hybridized carbons (Fsp3) is 0. The van der Waals surface area contributed by atoms with Crippen LogP contribution in [0.1, 0.15) is 0 Å². The summed E-state index contributed by atoms with van der Waals surface area (Å²) in [6, 6.07) is 13.5. The highest BCUT2D eigenvalue weighted by molar-refractivity contribution is 7.20. The summed E-state index contributed by atoms with van der Waals surface area (Å²) in [5, 5.41) is 9.10. The van der Waals surface area contributed by atoms with E-state index in [0.29, 0.717) is 0 Å². The average Bonchev–Trinajstić information content (AvgIpc) is 3.00. The smallest absolute Gasteiger partial charge is 0.213 e. The predicted octanol–water partition coefficient (Wildman–Crippen LogP) is 2.61. The van der Waals surface area contributed by atoms with Crippen LogP contribution >= 0.6 is 11.3 Å². The molecule has 92 valence electrons. The SMILES string of the molecule is Nc1ccc2nc(-n3nnc4ccccc43)sc2c1.